The summed E-state index contributed by atoms with van der Waals surface area (Å²) < 4.78 is 31.1. The molecule has 4 nitrogen and oxygen atoms in total. The van der Waals surface area contributed by atoms with Crippen molar-refractivity contribution in [3.05, 3.63) is 29.8 Å². The van der Waals surface area contributed by atoms with Gasteiger partial charge in [-0.3, -0.25) is 9.27 Å². The molecule has 0 aromatic heterocycles. The second-order valence-electron chi connectivity index (χ2n) is 2.45. The summed E-state index contributed by atoms with van der Waals surface area (Å²) in [5.41, 5.74) is 1.28. The van der Waals surface area contributed by atoms with Gasteiger partial charge in [-0.05, 0) is 24.6 Å². The van der Waals surface area contributed by atoms with Gasteiger partial charge in [0, 0.05) is 29.6 Å². The van der Waals surface area contributed by atoms with Crippen molar-refractivity contribution in [3.63, 3.8) is 0 Å². The van der Waals surface area contributed by atoms with E-state index in [0.29, 0.717) is 5.69 Å². The first-order valence-electron chi connectivity index (χ1n) is 3.29. The van der Waals surface area contributed by atoms with Gasteiger partial charge in [-0.25, -0.2) is 0 Å². The second kappa shape index (κ2) is 4.97. The minimum atomic E-state index is -4.14. The number of hydrogen-bond acceptors (Lipinski definition) is 2. The van der Waals surface area contributed by atoms with Crippen LogP contribution in [-0.2, 0) is 10.3 Å². The van der Waals surface area contributed by atoms with Gasteiger partial charge < -0.3 is 0 Å². The number of anilines is 1. The summed E-state index contributed by atoms with van der Waals surface area (Å²) in [6, 6.07) is 6.70. The average molecular weight is 210 g/mol. The summed E-state index contributed by atoms with van der Waals surface area (Å²) >= 11 is 0. The fourth-order valence-corrected chi connectivity index (χ4v) is 1.28. The largest absolute Gasteiger partial charge is 0.357 e. The van der Waals surface area contributed by atoms with E-state index in [4.69, 9.17) is 4.55 Å². The van der Waals surface area contributed by atoms with E-state index in [9.17, 15) is 8.42 Å². The third-order valence-electron chi connectivity index (χ3n) is 1.26. The quantitative estimate of drug-likeness (QED) is 0.561. The van der Waals surface area contributed by atoms with Gasteiger partial charge in [0.25, 0.3) is 0 Å². The van der Waals surface area contributed by atoms with Crippen molar-refractivity contribution < 1.29 is 13.0 Å². The van der Waals surface area contributed by atoms with Crippen LogP contribution in [0.25, 0.3) is 0 Å². The van der Waals surface area contributed by atoms with Crippen LogP contribution in [0.3, 0.4) is 0 Å². The molecule has 0 fully saturated rings. The van der Waals surface area contributed by atoms with E-state index >= 15 is 0 Å². The molecule has 1 aromatic carbocycles. The third-order valence-corrected chi connectivity index (χ3v) is 1.76. The van der Waals surface area contributed by atoms with Crippen LogP contribution >= 0.6 is 0 Å². The van der Waals surface area contributed by atoms with Gasteiger partial charge in [-0.15, -0.1) is 0 Å². The molecule has 1 aromatic rings. The van der Waals surface area contributed by atoms with E-state index in [0.717, 1.165) is 5.56 Å². The first-order valence-corrected chi connectivity index (χ1v) is 4.73. The number of nitrogens with one attached hydrogen (secondary N) is 1. The molecule has 13 heavy (non-hydrogen) atoms. The molecule has 0 heterocycles. The maximum atomic E-state index is 10.4. The van der Waals surface area contributed by atoms with Crippen molar-refractivity contribution in [1.82, 2.24) is 0 Å². The van der Waals surface area contributed by atoms with Crippen LogP contribution in [-0.4, -0.2) is 42.5 Å². The van der Waals surface area contributed by atoms with E-state index in [1.165, 1.54) is 0 Å². The standard InChI is InChI=1S/C7H9NO3S.Na/c1-6-3-2-4-7(5-6)8-12(9,10)11;/h2-5,8H,1H3,(H,9,10,11);. The molecule has 0 amide bonds. The van der Waals surface area contributed by atoms with Crippen molar-refractivity contribution >= 4 is 45.5 Å². The molecule has 0 aliphatic heterocycles. The molecule has 1 radical (unpaired) electrons. The minimum Gasteiger partial charge on any atom is -0.269 e. The number of aryl methyl sites for hydroxylation is 1. The summed E-state index contributed by atoms with van der Waals surface area (Å²) in [6.07, 6.45) is 0. The number of rotatable bonds is 2. The molecule has 0 bridgehead atoms. The summed E-state index contributed by atoms with van der Waals surface area (Å²) in [4.78, 5) is 0. The first kappa shape index (κ1) is 12.9. The van der Waals surface area contributed by atoms with E-state index in [-0.39, 0.29) is 29.6 Å². The Bertz CT molecular complexity index is 377. The number of hydrogen-bond donors (Lipinski definition) is 2. The van der Waals surface area contributed by atoms with Gasteiger partial charge in [0.05, 0.1) is 5.69 Å². The SMILES string of the molecule is Cc1cccc(NS(=O)(=O)O)c1.[Na]. The molecule has 0 unspecified atom stereocenters. The predicted molar refractivity (Wildman–Crippen MR) is 52.1 cm³/mol. The Morgan fingerprint density at radius 2 is 2.00 bits per heavy atom. The van der Waals surface area contributed by atoms with Crippen LogP contribution in [0.15, 0.2) is 24.3 Å². The predicted octanol–water partition coefficient (Wildman–Crippen LogP) is 0.829. The third kappa shape index (κ3) is 5.28. The van der Waals surface area contributed by atoms with Gasteiger partial charge >= 0.3 is 10.3 Å². The zero-order valence-electron chi connectivity index (χ0n) is 7.48. The normalized spacial score (nSPS) is 10.3. The van der Waals surface area contributed by atoms with Gasteiger partial charge in [0.2, 0.25) is 0 Å². The smallest absolute Gasteiger partial charge is 0.269 e. The zero-order chi connectivity index (χ0) is 9.19. The molecule has 0 saturated carbocycles. The first-order chi connectivity index (χ1) is 5.47. The molecular weight excluding hydrogens is 201 g/mol. The van der Waals surface area contributed by atoms with Gasteiger partial charge in [-0.2, -0.15) is 8.42 Å². The van der Waals surface area contributed by atoms with Gasteiger partial charge in [0.1, 0.15) is 0 Å². The van der Waals surface area contributed by atoms with E-state index in [1.807, 2.05) is 17.7 Å². The average Bonchev–Trinajstić information content (AvgIpc) is 1.82. The molecule has 6 heteroatoms. The van der Waals surface area contributed by atoms with Crippen LogP contribution in [0.2, 0.25) is 0 Å². The Morgan fingerprint density at radius 1 is 1.38 bits per heavy atom. The monoisotopic (exact) mass is 210 g/mol. The zero-order valence-corrected chi connectivity index (χ0v) is 10.3. The Balaban J connectivity index is 0.00000144. The van der Waals surface area contributed by atoms with Crippen molar-refractivity contribution in [2.45, 2.75) is 6.92 Å². The fraction of sp³-hybridized carbons (Fsp3) is 0.143. The second-order valence-corrected chi connectivity index (χ2v) is 3.60. The van der Waals surface area contributed by atoms with Gasteiger partial charge in [-0.1, -0.05) is 12.1 Å². The molecule has 2 N–H and O–H groups in total. The Labute approximate surface area is 99.5 Å². The topological polar surface area (TPSA) is 66.4 Å². The maximum absolute atomic E-state index is 10.4. The van der Waals surface area contributed by atoms with Crippen molar-refractivity contribution in [1.29, 1.82) is 0 Å². The number of benzene rings is 1. The Hall–Kier alpha value is -0.0700. The van der Waals surface area contributed by atoms with Crippen molar-refractivity contribution in [2.75, 3.05) is 4.72 Å². The van der Waals surface area contributed by atoms with E-state index in [2.05, 4.69) is 0 Å². The summed E-state index contributed by atoms with van der Waals surface area (Å²) in [5.74, 6) is 0. The molecule has 0 spiro atoms. The van der Waals surface area contributed by atoms with Gasteiger partial charge in [0.15, 0.2) is 0 Å². The molecule has 67 valence electrons. The van der Waals surface area contributed by atoms with Crippen LogP contribution in [0, 0.1) is 6.92 Å². The molecule has 1 rings (SSSR count). The molecule has 0 aliphatic rings. The maximum Gasteiger partial charge on any atom is 0.357 e. The van der Waals surface area contributed by atoms with Crippen LogP contribution in [0.5, 0.6) is 0 Å². The van der Waals surface area contributed by atoms with E-state index in [1.54, 1.807) is 18.2 Å². The van der Waals surface area contributed by atoms with Crippen molar-refractivity contribution in [2.24, 2.45) is 0 Å². The summed E-state index contributed by atoms with van der Waals surface area (Å²) in [7, 11) is -4.14. The summed E-state index contributed by atoms with van der Waals surface area (Å²) in [6.45, 7) is 1.83. The minimum absolute atomic E-state index is 0. The van der Waals surface area contributed by atoms with Crippen LogP contribution in [0.4, 0.5) is 5.69 Å². The molecule has 0 aliphatic carbocycles. The van der Waals surface area contributed by atoms with Crippen LogP contribution in [0.1, 0.15) is 5.56 Å². The molecular formula is C7H9NNaO3S. The molecule has 0 saturated heterocycles. The Morgan fingerprint density at radius 3 is 2.46 bits per heavy atom. The van der Waals surface area contributed by atoms with E-state index < -0.39 is 10.3 Å². The summed E-state index contributed by atoms with van der Waals surface area (Å²) in [5, 5.41) is 0. The van der Waals surface area contributed by atoms with Crippen molar-refractivity contribution in [3.8, 4) is 0 Å². The Kier molecular flexibility index (Phi) is 4.95. The van der Waals surface area contributed by atoms with Crippen LogP contribution < -0.4 is 4.72 Å². The molecule has 0 atom stereocenters. The fourth-order valence-electron chi connectivity index (χ4n) is 0.857.